The second-order valence-corrected chi connectivity index (χ2v) is 3.52. The lowest BCUT2D eigenvalue weighted by Crippen LogP contribution is -2.13. The zero-order chi connectivity index (χ0) is 9.97. The second-order valence-electron chi connectivity index (χ2n) is 3.52. The number of hydrogen-bond donors (Lipinski definition) is 1. The van der Waals surface area contributed by atoms with Crippen molar-refractivity contribution in [3.05, 3.63) is 29.8 Å². The Balaban J connectivity index is 2.17. The van der Waals surface area contributed by atoms with Crippen LogP contribution in [0.5, 0.6) is 5.75 Å². The molecular formula is C11H14N2O. The van der Waals surface area contributed by atoms with Crippen LogP contribution in [0.2, 0.25) is 0 Å². The fraction of sp³-hybridized carbons (Fsp3) is 0.364. The highest BCUT2D eigenvalue weighted by Gasteiger charge is 2.14. The second kappa shape index (κ2) is 3.70. The Bertz CT molecular complexity index is 343. The maximum absolute atomic E-state index is 5.10. The molecule has 1 aliphatic heterocycles. The van der Waals surface area contributed by atoms with Crippen molar-refractivity contribution in [3.8, 4) is 5.75 Å². The third-order valence-corrected chi connectivity index (χ3v) is 2.34. The van der Waals surface area contributed by atoms with Crippen molar-refractivity contribution >= 4 is 5.71 Å². The monoisotopic (exact) mass is 190 g/mol. The molecule has 3 nitrogen and oxygen atoms in total. The van der Waals surface area contributed by atoms with E-state index < -0.39 is 0 Å². The molecule has 0 fully saturated rings. The van der Waals surface area contributed by atoms with Crippen LogP contribution >= 0.6 is 0 Å². The van der Waals surface area contributed by atoms with Gasteiger partial charge < -0.3 is 10.2 Å². The molecule has 0 saturated heterocycles. The number of hydrogen-bond acceptors (Lipinski definition) is 3. The Morgan fingerprint density at radius 1 is 1.36 bits per heavy atom. The molecule has 0 radical (unpaired) electrons. The summed E-state index contributed by atoms with van der Waals surface area (Å²) in [5.41, 5.74) is 5.35. The zero-order valence-corrected chi connectivity index (χ0v) is 8.45. The van der Waals surface area contributed by atoms with E-state index >= 15 is 0 Å². The summed E-state index contributed by atoms with van der Waals surface area (Å²) in [6, 6.07) is 8.45. The standard InChI is InChI=1S/C11H14N2O/c1-8-7-11(13-12-8)9-3-5-10(14-2)6-4-9/h3-6,8,12H,7H2,1-2H3. The van der Waals surface area contributed by atoms with Crippen molar-refractivity contribution in [2.75, 3.05) is 7.11 Å². The van der Waals surface area contributed by atoms with Crippen LogP contribution in [0.15, 0.2) is 29.4 Å². The molecule has 1 unspecified atom stereocenters. The average molecular weight is 190 g/mol. The van der Waals surface area contributed by atoms with Crippen molar-refractivity contribution < 1.29 is 4.74 Å². The molecule has 2 rings (SSSR count). The molecule has 14 heavy (non-hydrogen) atoms. The van der Waals surface area contributed by atoms with E-state index in [0.29, 0.717) is 6.04 Å². The lowest BCUT2D eigenvalue weighted by molar-refractivity contribution is 0.415. The van der Waals surface area contributed by atoms with E-state index in [1.807, 2.05) is 24.3 Å². The summed E-state index contributed by atoms with van der Waals surface area (Å²) in [7, 11) is 1.67. The molecule has 1 aliphatic rings. The maximum atomic E-state index is 5.10. The van der Waals surface area contributed by atoms with Crippen molar-refractivity contribution in [3.63, 3.8) is 0 Å². The number of benzene rings is 1. The normalized spacial score (nSPS) is 20.1. The van der Waals surface area contributed by atoms with Gasteiger partial charge in [0.25, 0.3) is 0 Å². The average Bonchev–Trinajstić information content (AvgIpc) is 2.65. The maximum Gasteiger partial charge on any atom is 0.118 e. The molecule has 1 heterocycles. The highest BCUT2D eigenvalue weighted by atomic mass is 16.5. The molecule has 0 spiro atoms. The Labute approximate surface area is 83.8 Å². The summed E-state index contributed by atoms with van der Waals surface area (Å²) in [5.74, 6) is 0.883. The summed E-state index contributed by atoms with van der Waals surface area (Å²) < 4.78 is 5.10. The fourth-order valence-corrected chi connectivity index (χ4v) is 1.54. The van der Waals surface area contributed by atoms with Crippen LogP contribution in [-0.4, -0.2) is 18.9 Å². The van der Waals surface area contributed by atoms with E-state index in [1.54, 1.807) is 7.11 Å². The highest BCUT2D eigenvalue weighted by Crippen LogP contribution is 2.15. The van der Waals surface area contributed by atoms with Crippen LogP contribution in [0.1, 0.15) is 18.9 Å². The SMILES string of the molecule is COc1ccc(C2=NNC(C)C2)cc1. The van der Waals surface area contributed by atoms with Crippen LogP contribution in [0, 0.1) is 0 Å². The van der Waals surface area contributed by atoms with Gasteiger partial charge in [0, 0.05) is 12.5 Å². The van der Waals surface area contributed by atoms with Crippen molar-refractivity contribution in [1.29, 1.82) is 0 Å². The third-order valence-electron chi connectivity index (χ3n) is 2.34. The van der Waals surface area contributed by atoms with Gasteiger partial charge in [0.05, 0.1) is 12.8 Å². The fourth-order valence-electron chi connectivity index (χ4n) is 1.54. The van der Waals surface area contributed by atoms with Gasteiger partial charge in [0.2, 0.25) is 0 Å². The number of methoxy groups -OCH3 is 1. The largest absolute Gasteiger partial charge is 0.497 e. The number of hydrazone groups is 1. The molecule has 1 aromatic carbocycles. The molecule has 1 atom stereocenters. The Kier molecular flexibility index (Phi) is 2.39. The van der Waals surface area contributed by atoms with Crippen molar-refractivity contribution in [1.82, 2.24) is 5.43 Å². The van der Waals surface area contributed by atoms with Gasteiger partial charge in [-0.15, -0.1) is 0 Å². The quantitative estimate of drug-likeness (QED) is 0.771. The number of nitrogens with one attached hydrogen (secondary N) is 1. The van der Waals surface area contributed by atoms with E-state index in [9.17, 15) is 0 Å². The lowest BCUT2D eigenvalue weighted by Gasteiger charge is -2.02. The van der Waals surface area contributed by atoms with Gasteiger partial charge >= 0.3 is 0 Å². The van der Waals surface area contributed by atoms with Gasteiger partial charge in [-0.05, 0) is 36.8 Å². The summed E-state index contributed by atoms with van der Waals surface area (Å²) in [6.45, 7) is 2.13. The minimum Gasteiger partial charge on any atom is -0.497 e. The Hall–Kier alpha value is -1.51. The topological polar surface area (TPSA) is 33.6 Å². The van der Waals surface area contributed by atoms with Gasteiger partial charge in [-0.2, -0.15) is 5.10 Å². The molecule has 3 heteroatoms. The number of ether oxygens (including phenoxy) is 1. The lowest BCUT2D eigenvalue weighted by atomic mass is 10.1. The summed E-state index contributed by atoms with van der Waals surface area (Å²) >= 11 is 0. The highest BCUT2D eigenvalue weighted by molar-refractivity contribution is 6.01. The smallest absolute Gasteiger partial charge is 0.118 e. The predicted octanol–water partition coefficient (Wildman–Crippen LogP) is 1.78. The minimum atomic E-state index is 0.451. The van der Waals surface area contributed by atoms with E-state index in [0.717, 1.165) is 17.9 Å². The zero-order valence-electron chi connectivity index (χ0n) is 8.45. The van der Waals surface area contributed by atoms with E-state index in [2.05, 4.69) is 17.5 Å². The van der Waals surface area contributed by atoms with Gasteiger partial charge in [0.15, 0.2) is 0 Å². The van der Waals surface area contributed by atoms with Crippen molar-refractivity contribution in [2.24, 2.45) is 5.10 Å². The third kappa shape index (κ3) is 1.71. The molecule has 1 N–H and O–H groups in total. The first-order chi connectivity index (χ1) is 6.79. The molecule has 0 aromatic heterocycles. The number of nitrogens with zero attached hydrogens (tertiary/aromatic N) is 1. The van der Waals surface area contributed by atoms with Crippen molar-refractivity contribution in [2.45, 2.75) is 19.4 Å². The first-order valence-corrected chi connectivity index (χ1v) is 4.76. The molecule has 0 saturated carbocycles. The Morgan fingerprint density at radius 3 is 2.57 bits per heavy atom. The minimum absolute atomic E-state index is 0.451. The van der Waals surface area contributed by atoms with Gasteiger partial charge in [-0.3, -0.25) is 0 Å². The van der Waals surface area contributed by atoms with Gasteiger partial charge in [-0.1, -0.05) is 0 Å². The summed E-state index contributed by atoms with van der Waals surface area (Å²) in [6.07, 6.45) is 0.992. The Morgan fingerprint density at radius 2 is 2.07 bits per heavy atom. The first-order valence-electron chi connectivity index (χ1n) is 4.76. The molecule has 0 bridgehead atoms. The molecular weight excluding hydrogens is 176 g/mol. The van der Waals surface area contributed by atoms with Crippen LogP contribution in [0.4, 0.5) is 0 Å². The summed E-state index contributed by atoms with van der Waals surface area (Å²) in [5, 5.41) is 4.27. The van der Waals surface area contributed by atoms with Gasteiger partial charge in [-0.25, -0.2) is 0 Å². The molecule has 0 aliphatic carbocycles. The van der Waals surface area contributed by atoms with Crippen LogP contribution in [-0.2, 0) is 0 Å². The first kappa shape index (κ1) is 9.06. The predicted molar refractivity (Wildman–Crippen MR) is 56.7 cm³/mol. The van der Waals surface area contributed by atoms with Crippen LogP contribution in [0.25, 0.3) is 0 Å². The van der Waals surface area contributed by atoms with E-state index in [-0.39, 0.29) is 0 Å². The van der Waals surface area contributed by atoms with Crippen LogP contribution < -0.4 is 10.2 Å². The van der Waals surface area contributed by atoms with Crippen LogP contribution in [0.3, 0.4) is 0 Å². The van der Waals surface area contributed by atoms with E-state index in [4.69, 9.17) is 4.74 Å². The number of rotatable bonds is 2. The molecule has 1 aromatic rings. The van der Waals surface area contributed by atoms with Gasteiger partial charge in [0.1, 0.15) is 5.75 Å². The summed E-state index contributed by atoms with van der Waals surface area (Å²) in [4.78, 5) is 0. The van der Waals surface area contributed by atoms with E-state index in [1.165, 1.54) is 5.56 Å². The molecule has 0 amide bonds. The molecule has 74 valence electrons.